The summed E-state index contributed by atoms with van der Waals surface area (Å²) in [4.78, 5) is 33.4. The van der Waals surface area contributed by atoms with Crippen molar-refractivity contribution in [2.45, 2.75) is 20.0 Å². The van der Waals surface area contributed by atoms with Crippen LogP contribution in [0.25, 0.3) is 5.57 Å². The van der Waals surface area contributed by atoms with Gasteiger partial charge in [-0.3, -0.25) is 14.5 Å². The predicted molar refractivity (Wildman–Crippen MR) is 113 cm³/mol. The van der Waals surface area contributed by atoms with Crippen LogP contribution < -0.4 is 21.7 Å². The number of carbonyl (C=O) groups is 2. The van der Waals surface area contributed by atoms with Gasteiger partial charge >= 0.3 is 6.18 Å². The van der Waals surface area contributed by atoms with Crippen LogP contribution in [0.5, 0.6) is 0 Å². The minimum atomic E-state index is -4.71. The summed E-state index contributed by atoms with van der Waals surface area (Å²) in [6, 6.07) is 5.63. The van der Waals surface area contributed by atoms with Gasteiger partial charge in [-0.15, -0.1) is 0 Å². The minimum absolute atomic E-state index is 0.0402. The number of fused-ring (bicyclic) bond motifs is 1. The van der Waals surface area contributed by atoms with Crippen molar-refractivity contribution in [3.63, 3.8) is 0 Å². The van der Waals surface area contributed by atoms with Crippen molar-refractivity contribution >= 4 is 34.4 Å². The lowest BCUT2D eigenvalue weighted by Crippen LogP contribution is -2.32. The molecule has 0 saturated heterocycles. The van der Waals surface area contributed by atoms with Crippen LogP contribution in [0.3, 0.4) is 0 Å². The summed E-state index contributed by atoms with van der Waals surface area (Å²) in [6.45, 7) is 5.63. The molecular formula is C20H22F3N7O2. The Hall–Kier alpha value is -3.67. The summed E-state index contributed by atoms with van der Waals surface area (Å²) < 4.78 is 39.0. The van der Waals surface area contributed by atoms with Gasteiger partial charge in [-0.05, 0) is 37.4 Å². The van der Waals surface area contributed by atoms with E-state index < -0.39 is 23.6 Å². The smallest absolute Gasteiger partial charge is 0.365 e. The SMILES string of the molecule is CCN(CC)CC(=O)Nc1ccc2c(c1)NC(=C(C(N)=O)c1nccc(C(F)(F)F)n1)N2. The number of amides is 2. The minimum Gasteiger partial charge on any atom is -0.365 e. The number of nitrogens with one attached hydrogen (secondary N) is 3. The molecule has 2 aromatic rings. The standard InChI is InChI=1S/C20H22F3N7O2/c1-3-30(4-2)10-15(31)26-11-5-6-12-13(9-11)28-19(27-12)16(17(24)32)18-25-8-7-14(29-18)20(21,22)23/h5-9,27-28H,3-4,10H2,1-2H3,(H2,24,32)(H,26,31). The topological polar surface area (TPSA) is 125 Å². The van der Waals surface area contributed by atoms with Crippen LogP contribution in [0, 0.1) is 0 Å². The van der Waals surface area contributed by atoms with E-state index in [1.54, 1.807) is 18.2 Å². The highest BCUT2D eigenvalue weighted by Crippen LogP contribution is 2.35. The molecule has 170 valence electrons. The first-order chi connectivity index (χ1) is 15.1. The fraction of sp³-hybridized carbons (Fsp3) is 0.300. The van der Waals surface area contributed by atoms with Gasteiger partial charge in [-0.1, -0.05) is 13.8 Å². The van der Waals surface area contributed by atoms with Gasteiger partial charge in [-0.2, -0.15) is 13.2 Å². The number of nitrogens with two attached hydrogens (primary N) is 1. The van der Waals surface area contributed by atoms with Gasteiger partial charge in [0.15, 0.2) is 5.82 Å². The van der Waals surface area contributed by atoms with E-state index in [-0.39, 0.29) is 23.8 Å². The Balaban J connectivity index is 1.86. The molecule has 0 unspecified atom stereocenters. The molecule has 0 atom stereocenters. The number of benzene rings is 1. The van der Waals surface area contributed by atoms with E-state index in [1.807, 2.05) is 18.7 Å². The lowest BCUT2D eigenvalue weighted by atomic mass is 10.2. The fourth-order valence-corrected chi connectivity index (χ4v) is 3.09. The second-order valence-electron chi connectivity index (χ2n) is 6.90. The number of hydrogen-bond acceptors (Lipinski definition) is 7. The summed E-state index contributed by atoms with van der Waals surface area (Å²) in [5.74, 6) is -1.63. The largest absolute Gasteiger partial charge is 0.433 e. The van der Waals surface area contributed by atoms with E-state index >= 15 is 0 Å². The van der Waals surface area contributed by atoms with Crippen molar-refractivity contribution in [3.8, 4) is 0 Å². The molecule has 1 aromatic heterocycles. The summed E-state index contributed by atoms with van der Waals surface area (Å²) >= 11 is 0. The summed E-state index contributed by atoms with van der Waals surface area (Å²) in [7, 11) is 0. The molecule has 3 rings (SSSR count). The quantitative estimate of drug-likeness (QED) is 0.479. The van der Waals surface area contributed by atoms with Gasteiger partial charge in [0.2, 0.25) is 5.91 Å². The van der Waals surface area contributed by atoms with Crippen LogP contribution >= 0.6 is 0 Å². The molecule has 2 amide bonds. The van der Waals surface area contributed by atoms with Crippen LogP contribution in [-0.2, 0) is 15.8 Å². The van der Waals surface area contributed by atoms with Gasteiger partial charge in [0.05, 0.1) is 17.9 Å². The third-order valence-corrected chi connectivity index (χ3v) is 4.75. The maximum absolute atomic E-state index is 13.0. The van der Waals surface area contributed by atoms with E-state index in [9.17, 15) is 22.8 Å². The van der Waals surface area contributed by atoms with Crippen molar-refractivity contribution < 1.29 is 22.8 Å². The van der Waals surface area contributed by atoms with Crippen molar-refractivity contribution in [2.24, 2.45) is 5.73 Å². The van der Waals surface area contributed by atoms with Gasteiger partial charge in [0, 0.05) is 11.9 Å². The zero-order chi connectivity index (χ0) is 23.5. The maximum Gasteiger partial charge on any atom is 0.433 e. The van der Waals surface area contributed by atoms with Crippen molar-refractivity contribution in [2.75, 3.05) is 35.6 Å². The van der Waals surface area contributed by atoms with E-state index in [2.05, 4.69) is 25.9 Å². The molecule has 1 aliphatic rings. The Morgan fingerprint density at radius 1 is 1.12 bits per heavy atom. The normalized spacial score (nSPS) is 14.4. The highest BCUT2D eigenvalue weighted by molar-refractivity contribution is 6.20. The molecule has 0 aliphatic carbocycles. The number of primary amides is 1. The van der Waals surface area contributed by atoms with Gasteiger partial charge < -0.3 is 21.7 Å². The Labute approximate surface area is 181 Å². The van der Waals surface area contributed by atoms with Crippen molar-refractivity contribution in [1.29, 1.82) is 0 Å². The van der Waals surface area contributed by atoms with Crippen LogP contribution in [0.2, 0.25) is 0 Å². The molecule has 2 heterocycles. The Morgan fingerprint density at radius 2 is 1.81 bits per heavy atom. The number of rotatable bonds is 7. The fourth-order valence-electron chi connectivity index (χ4n) is 3.09. The van der Waals surface area contributed by atoms with Crippen molar-refractivity contribution in [3.05, 3.63) is 47.8 Å². The molecular weight excluding hydrogens is 427 g/mol. The number of halogens is 3. The third kappa shape index (κ3) is 5.14. The molecule has 12 heteroatoms. The Morgan fingerprint density at radius 3 is 2.44 bits per heavy atom. The molecule has 0 saturated carbocycles. The number of likely N-dealkylation sites (N-methyl/N-ethyl adjacent to an activating group) is 1. The van der Waals surface area contributed by atoms with E-state index in [0.717, 1.165) is 19.3 Å². The van der Waals surface area contributed by atoms with E-state index in [1.165, 1.54) is 0 Å². The van der Waals surface area contributed by atoms with Crippen LogP contribution in [0.4, 0.5) is 30.2 Å². The van der Waals surface area contributed by atoms with Crippen LogP contribution in [0.15, 0.2) is 36.3 Å². The number of carbonyl (C=O) groups excluding carboxylic acids is 2. The monoisotopic (exact) mass is 449 g/mol. The molecule has 1 aliphatic heterocycles. The number of anilines is 3. The van der Waals surface area contributed by atoms with Gasteiger partial charge in [0.1, 0.15) is 17.1 Å². The molecule has 0 bridgehead atoms. The predicted octanol–water partition coefficient (Wildman–Crippen LogP) is 2.47. The molecule has 5 N–H and O–H groups in total. The molecule has 32 heavy (non-hydrogen) atoms. The van der Waals surface area contributed by atoms with E-state index in [4.69, 9.17) is 5.73 Å². The lowest BCUT2D eigenvalue weighted by molar-refractivity contribution is -0.141. The summed E-state index contributed by atoms with van der Waals surface area (Å²) in [5, 5.41) is 8.57. The molecule has 0 spiro atoms. The highest BCUT2D eigenvalue weighted by Gasteiger charge is 2.34. The molecule has 9 nitrogen and oxygen atoms in total. The first-order valence-electron chi connectivity index (χ1n) is 9.77. The molecule has 0 fully saturated rings. The highest BCUT2D eigenvalue weighted by atomic mass is 19.4. The van der Waals surface area contributed by atoms with Crippen LogP contribution in [-0.4, -0.2) is 46.3 Å². The Kier molecular flexibility index (Phi) is 6.63. The third-order valence-electron chi connectivity index (χ3n) is 4.75. The molecule has 0 radical (unpaired) electrons. The number of alkyl halides is 3. The first kappa shape index (κ1) is 23.0. The summed E-state index contributed by atoms with van der Waals surface area (Å²) in [5.41, 5.74) is 5.41. The maximum atomic E-state index is 13.0. The average molecular weight is 449 g/mol. The van der Waals surface area contributed by atoms with E-state index in [0.29, 0.717) is 23.1 Å². The molecule has 1 aromatic carbocycles. The zero-order valence-corrected chi connectivity index (χ0v) is 17.4. The first-order valence-corrected chi connectivity index (χ1v) is 9.77. The second-order valence-corrected chi connectivity index (χ2v) is 6.90. The summed E-state index contributed by atoms with van der Waals surface area (Å²) in [6.07, 6.45) is -3.80. The van der Waals surface area contributed by atoms with Gasteiger partial charge in [-0.25, -0.2) is 9.97 Å². The number of nitrogens with zero attached hydrogens (tertiary/aromatic N) is 3. The van der Waals surface area contributed by atoms with Gasteiger partial charge in [0.25, 0.3) is 5.91 Å². The second kappa shape index (κ2) is 9.22. The Bertz CT molecular complexity index is 1070. The zero-order valence-electron chi connectivity index (χ0n) is 17.4. The van der Waals surface area contributed by atoms with Crippen molar-refractivity contribution in [1.82, 2.24) is 14.9 Å². The number of aromatic nitrogens is 2. The van der Waals surface area contributed by atoms with Crippen LogP contribution in [0.1, 0.15) is 25.4 Å². The average Bonchev–Trinajstić information content (AvgIpc) is 3.14. The lowest BCUT2D eigenvalue weighted by Gasteiger charge is -2.17. The number of hydrogen-bond donors (Lipinski definition) is 4.